The Labute approximate surface area is 140 Å². The lowest BCUT2D eigenvalue weighted by Crippen LogP contribution is -2.46. The number of carbonyl (C=O) groups is 1. The molecule has 1 saturated heterocycles. The van der Waals surface area contributed by atoms with Gasteiger partial charge in [-0.15, -0.1) is 5.10 Å². The second kappa shape index (κ2) is 6.34. The van der Waals surface area contributed by atoms with Gasteiger partial charge in [0.05, 0.1) is 5.39 Å². The Morgan fingerprint density at radius 3 is 2.79 bits per heavy atom. The van der Waals surface area contributed by atoms with Crippen LogP contribution in [0, 0.1) is 11.8 Å². The first kappa shape index (κ1) is 15.3. The molecule has 2 heterocycles. The van der Waals surface area contributed by atoms with E-state index in [0.717, 1.165) is 25.4 Å². The van der Waals surface area contributed by atoms with Gasteiger partial charge in [-0.25, -0.2) is 4.68 Å². The molecular formula is C18H22N4O2. The van der Waals surface area contributed by atoms with Crippen LogP contribution in [0.25, 0.3) is 10.9 Å². The second-order valence-electron chi connectivity index (χ2n) is 7.00. The van der Waals surface area contributed by atoms with Crippen molar-refractivity contribution in [3.05, 3.63) is 34.6 Å². The van der Waals surface area contributed by atoms with E-state index in [4.69, 9.17) is 0 Å². The van der Waals surface area contributed by atoms with Crippen LogP contribution in [0.3, 0.4) is 0 Å². The molecule has 6 heteroatoms. The number of aromatic nitrogens is 3. The summed E-state index contributed by atoms with van der Waals surface area (Å²) in [6.07, 6.45) is 6.23. The summed E-state index contributed by atoms with van der Waals surface area (Å²) >= 11 is 0. The molecule has 2 aliphatic rings. The maximum atomic E-state index is 12.6. The zero-order valence-corrected chi connectivity index (χ0v) is 13.7. The van der Waals surface area contributed by atoms with Gasteiger partial charge in [-0.2, -0.15) is 0 Å². The molecule has 24 heavy (non-hydrogen) atoms. The average molecular weight is 326 g/mol. The molecule has 1 aliphatic carbocycles. The molecule has 2 fully saturated rings. The molecule has 1 saturated carbocycles. The van der Waals surface area contributed by atoms with Gasteiger partial charge in [-0.05, 0) is 36.8 Å². The molecule has 1 aliphatic heterocycles. The first-order chi connectivity index (χ1) is 11.7. The topological polar surface area (TPSA) is 68.1 Å². The minimum absolute atomic E-state index is 0.0198. The first-order valence-electron chi connectivity index (χ1n) is 8.82. The van der Waals surface area contributed by atoms with E-state index < -0.39 is 0 Å². The van der Waals surface area contributed by atoms with Crippen molar-refractivity contribution in [1.29, 1.82) is 0 Å². The zero-order valence-electron chi connectivity index (χ0n) is 13.7. The Morgan fingerprint density at radius 1 is 1.12 bits per heavy atom. The fraction of sp³-hybridized carbons (Fsp3) is 0.556. The summed E-state index contributed by atoms with van der Waals surface area (Å²) in [5, 5.41) is 8.48. The molecule has 4 rings (SSSR count). The molecule has 0 spiro atoms. The molecule has 126 valence electrons. The Hall–Kier alpha value is -2.24. The van der Waals surface area contributed by atoms with E-state index in [0.29, 0.717) is 16.8 Å². The summed E-state index contributed by atoms with van der Waals surface area (Å²) in [7, 11) is 0. The van der Waals surface area contributed by atoms with Gasteiger partial charge in [0, 0.05) is 13.1 Å². The summed E-state index contributed by atoms with van der Waals surface area (Å²) in [6, 6.07) is 7.09. The highest BCUT2D eigenvalue weighted by Gasteiger charge is 2.33. The van der Waals surface area contributed by atoms with Crippen molar-refractivity contribution in [2.75, 3.05) is 13.1 Å². The highest BCUT2D eigenvalue weighted by Crippen LogP contribution is 2.36. The van der Waals surface area contributed by atoms with Crippen LogP contribution in [-0.2, 0) is 11.3 Å². The Balaban J connectivity index is 1.50. The van der Waals surface area contributed by atoms with Crippen molar-refractivity contribution in [1.82, 2.24) is 19.9 Å². The third-order valence-corrected chi connectivity index (χ3v) is 5.56. The van der Waals surface area contributed by atoms with Gasteiger partial charge in [-0.3, -0.25) is 9.59 Å². The highest BCUT2D eigenvalue weighted by molar-refractivity contribution is 5.78. The lowest BCUT2D eigenvalue weighted by atomic mass is 9.75. The quantitative estimate of drug-likeness (QED) is 0.844. The SMILES string of the molecule is O=C(Cn1nnc2ccccc2c1=O)N1CCC2CCCCC2C1. The van der Waals surface area contributed by atoms with E-state index in [1.165, 1.54) is 30.4 Å². The van der Waals surface area contributed by atoms with E-state index >= 15 is 0 Å². The van der Waals surface area contributed by atoms with E-state index in [9.17, 15) is 9.59 Å². The van der Waals surface area contributed by atoms with Gasteiger partial charge >= 0.3 is 0 Å². The summed E-state index contributed by atoms with van der Waals surface area (Å²) in [4.78, 5) is 27.0. The number of rotatable bonds is 2. The predicted octanol–water partition coefficient (Wildman–Crippen LogP) is 1.83. The maximum absolute atomic E-state index is 12.6. The summed E-state index contributed by atoms with van der Waals surface area (Å²) in [6.45, 7) is 1.61. The lowest BCUT2D eigenvalue weighted by molar-refractivity contribution is -0.135. The number of hydrogen-bond donors (Lipinski definition) is 0. The summed E-state index contributed by atoms with van der Waals surface area (Å²) < 4.78 is 1.19. The van der Waals surface area contributed by atoms with Crippen LogP contribution in [0.15, 0.2) is 29.1 Å². The van der Waals surface area contributed by atoms with Gasteiger partial charge in [0.25, 0.3) is 5.56 Å². The lowest BCUT2D eigenvalue weighted by Gasteiger charge is -2.41. The molecule has 2 aromatic rings. The maximum Gasteiger partial charge on any atom is 0.278 e. The largest absolute Gasteiger partial charge is 0.341 e. The van der Waals surface area contributed by atoms with Crippen molar-refractivity contribution in [3.8, 4) is 0 Å². The molecule has 1 aromatic carbocycles. The van der Waals surface area contributed by atoms with Crippen molar-refractivity contribution in [2.45, 2.75) is 38.6 Å². The first-order valence-corrected chi connectivity index (χ1v) is 8.82. The molecular weight excluding hydrogens is 304 g/mol. The number of amides is 1. The summed E-state index contributed by atoms with van der Waals surface area (Å²) in [5.41, 5.74) is 0.315. The van der Waals surface area contributed by atoms with E-state index in [2.05, 4.69) is 10.3 Å². The van der Waals surface area contributed by atoms with Crippen LogP contribution in [-0.4, -0.2) is 38.9 Å². The molecule has 0 bridgehead atoms. The van der Waals surface area contributed by atoms with Gasteiger partial charge in [0.1, 0.15) is 12.1 Å². The van der Waals surface area contributed by atoms with Gasteiger partial charge in [0.15, 0.2) is 0 Å². The van der Waals surface area contributed by atoms with Crippen LogP contribution in [0.5, 0.6) is 0 Å². The predicted molar refractivity (Wildman–Crippen MR) is 90.4 cm³/mol. The van der Waals surface area contributed by atoms with Crippen molar-refractivity contribution < 1.29 is 4.79 Å². The summed E-state index contributed by atoms with van der Waals surface area (Å²) in [5.74, 6) is 1.40. The highest BCUT2D eigenvalue weighted by atomic mass is 16.2. The van der Waals surface area contributed by atoms with Crippen LogP contribution in [0.1, 0.15) is 32.1 Å². The number of nitrogens with zero attached hydrogens (tertiary/aromatic N) is 4. The molecule has 2 unspecified atom stereocenters. The van der Waals surface area contributed by atoms with Crippen molar-refractivity contribution >= 4 is 16.8 Å². The van der Waals surface area contributed by atoms with E-state index in [1.807, 2.05) is 11.0 Å². The molecule has 6 nitrogen and oxygen atoms in total. The molecule has 0 N–H and O–H groups in total. The second-order valence-corrected chi connectivity index (χ2v) is 7.00. The number of fused-ring (bicyclic) bond motifs is 2. The van der Waals surface area contributed by atoms with Gasteiger partial charge in [0.2, 0.25) is 5.91 Å². The van der Waals surface area contributed by atoms with Gasteiger partial charge < -0.3 is 4.90 Å². The fourth-order valence-corrected chi connectivity index (χ4v) is 4.18. The third-order valence-electron chi connectivity index (χ3n) is 5.56. The minimum Gasteiger partial charge on any atom is -0.341 e. The Kier molecular flexibility index (Phi) is 4.04. The normalized spacial score (nSPS) is 23.9. The Bertz CT molecular complexity index is 816. The fourth-order valence-electron chi connectivity index (χ4n) is 4.18. The van der Waals surface area contributed by atoms with Crippen LogP contribution in [0.2, 0.25) is 0 Å². The Morgan fingerprint density at radius 2 is 1.92 bits per heavy atom. The zero-order chi connectivity index (χ0) is 16.5. The molecule has 0 radical (unpaired) electrons. The molecule has 2 atom stereocenters. The van der Waals surface area contributed by atoms with Crippen LogP contribution >= 0.6 is 0 Å². The third kappa shape index (κ3) is 2.81. The number of likely N-dealkylation sites (tertiary alicyclic amines) is 1. The standard InChI is InChI=1S/C18H22N4O2/c23-17(21-10-9-13-5-1-2-6-14(13)11-21)12-22-18(24)15-7-3-4-8-16(15)19-20-22/h3-4,7-8,13-14H,1-2,5-6,9-12H2. The van der Waals surface area contributed by atoms with Gasteiger partial charge in [-0.1, -0.05) is 36.6 Å². The van der Waals surface area contributed by atoms with E-state index in [-0.39, 0.29) is 18.0 Å². The van der Waals surface area contributed by atoms with Crippen molar-refractivity contribution in [3.63, 3.8) is 0 Å². The average Bonchev–Trinajstić information content (AvgIpc) is 2.64. The minimum atomic E-state index is -0.249. The number of carbonyl (C=O) groups excluding carboxylic acids is 1. The van der Waals surface area contributed by atoms with Crippen LogP contribution < -0.4 is 5.56 Å². The van der Waals surface area contributed by atoms with E-state index in [1.54, 1.807) is 18.2 Å². The molecule has 1 aromatic heterocycles. The number of piperidine rings is 1. The van der Waals surface area contributed by atoms with Crippen molar-refractivity contribution in [2.24, 2.45) is 11.8 Å². The number of benzene rings is 1. The number of hydrogen-bond acceptors (Lipinski definition) is 4. The monoisotopic (exact) mass is 326 g/mol. The van der Waals surface area contributed by atoms with Crippen LogP contribution in [0.4, 0.5) is 0 Å². The molecule has 1 amide bonds. The smallest absolute Gasteiger partial charge is 0.278 e.